The Labute approximate surface area is 228 Å². The number of nitrogens with zero attached hydrogens (tertiary/aromatic N) is 1. The second-order valence-corrected chi connectivity index (χ2v) is 9.45. The van der Waals surface area contributed by atoms with Crippen LogP contribution in [0.2, 0.25) is 0 Å². The average Bonchev–Trinajstić information content (AvgIpc) is 3.33. The van der Waals surface area contributed by atoms with E-state index in [-0.39, 0.29) is 11.9 Å². The highest BCUT2D eigenvalue weighted by molar-refractivity contribution is 6.11. The number of ether oxygens (including phenoxy) is 1. The Hall–Kier alpha value is -5.09. The van der Waals surface area contributed by atoms with Gasteiger partial charge in [0.15, 0.2) is 0 Å². The first kappa shape index (κ1) is 24.3. The number of rotatable bonds is 7. The van der Waals surface area contributed by atoms with Crippen LogP contribution in [-0.4, -0.2) is 13.0 Å². The summed E-state index contributed by atoms with van der Waals surface area (Å²) in [4.78, 5) is 15.7. The van der Waals surface area contributed by atoms with Crippen LogP contribution >= 0.6 is 0 Å². The first-order valence-electron chi connectivity index (χ1n) is 13.0. The molecule has 0 fully saturated rings. The summed E-state index contributed by atoms with van der Waals surface area (Å²) in [5, 5.41) is 3.37. The van der Waals surface area contributed by atoms with Crippen LogP contribution in [0.15, 0.2) is 145 Å². The van der Waals surface area contributed by atoms with Gasteiger partial charge in [0.1, 0.15) is 11.4 Å². The fourth-order valence-corrected chi connectivity index (χ4v) is 4.96. The predicted octanol–water partition coefficient (Wildman–Crippen LogP) is 8.11. The monoisotopic (exact) mass is 508 g/mol. The summed E-state index contributed by atoms with van der Waals surface area (Å²) in [5.41, 5.74) is 7.80. The molecule has 1 N–H and O–H groups in total. The molecule has 190 valence electrons. The van der Waals surface area contributed by atoms with Gasteiger partial charge in [-0.3, -0.25) is 9.69 Å². The number of carbonyl (C=O) groups is 1. The van der Waals surface area contributed by atoms with Crippen LogP contribution in [0.5, 0.6) is 5.75 Å². The maximum Gasteiger partial charge on any atom is 0.275 e. The molecule has 0 radical (unpaired) electrons. The molecule has 1 aliphatic rings. The van der Waals surface area contributed by atoms with Crippen LogP contribution in [0, 0.1) is 0 Å². The van der Waals surface area contributed by atoms with Gasteiger partial charge in [-0.05, 0) is 70.3 Å². The Balaban J connectivity index is 1.30. The molecule has 0 bridgehead atoms. The summed E-state index contributed by atoms with van der Waals surface area (Å²) in [5.74, 6) is 0.707. The van der Waals surface area contributed by atoms with Gasteiger partial charge in [-0.25, -0.2) is 0 Å². The highest BCUT2D eigenvalue weighted by Gasteiger charge is 2.34. The minimum atomic E-state index is -0.253. The van der Waals surface area contributed by atoms with E-state index in [2.05, 4.69) is 53.8 Å². The molecule has 1 heterocycles. The number of anilines is 2. The molecule has 0 saturated carbocycles. The first-order valence-corrected chi connectivity index (χ1v) is 13.0. The van der Waals surface area contributed by atoms with Crippen molar-refractivity contribution in [2.75, 3.05) is 17.3 Å². The maximum absolute atomic E-state index is 13.8. The van der Waals surface area contributed by atoms with Crippen molar-refractivity contribution in [1.82, 2.24) is 0 Å². The highest BCUT2D eigenvalue weighted by atomic mass is 16.5. The van der Waals surface area contributed by atoms with Gasteiger partial charge in [0, 0.05) is 11.4 Å². The lowest BCUT2D eigenvalue weighted by Gasteiger charge is -2.25. The molecule has 1 aliphatic heterocycles. The van der Waals surface area contributed by atoms with Gasteiger partial charge < -0.3 is 10.1 Å². The van der Waals surface area contributed by atoms with Crippen molar-refractivity contribution >= 4 is 17.3 Å². The van der Waals surface area contributed by atoms with Crippen LogP contribution in [0.3, 0.4) is 0 Å². The van der Waals surface area contributed by atoms with Gasteiger partial charge in [-0.15, -0.1) is 0 Å². The van der Waals surface area contributed by atoms with E-state index >= 15 is 0 Å². The molecule has 5 aromatic carbocycles. The summed E-state index contributed by atoms with van der Waals surface area (Å²) >= 11 is 0. The molecule has 4 heteroatoms. The van der Waals surface area contributed by atoms with E-state index in [1.54, 1.807) is 7.11 Å². The van der Waals surface area contributed by atoms with Gasteiger partial charge >= 0.3 is 0 Å². The molecular weight excluding hydrogens is 480 g/mol. The molecule has 1 atom stereocenters. The number of amides is 1. The topological polar surface area (TPSA) is 41.6 Å². The second-order valence-electron chi connectivity index (χ2n) is 9.45. The zero-order valence-electron chi connectivity index (χ0n) is 21.6. The minimum absolute atomic E-state index is 0.0737. The van der Waals surface area contributed by atoms with E-state index in [1.165, 1.54) is 0 Å². The molecule has 0 aromatic heterocycles. The number of methoxy groups -OCH3 is 1. The van der Waals surface area contributed by atoms with E-state index < -0.39 is 0 Å². The molecule has 0 spiro atoms. The lowest BCUT2D eigenvalue weighted by atomic mass is 10.0. The summed E-state index contributed by atoms with van der Waals surface area (Å²) in [6.45, 7) is 0. The molecule has 0 unspecified atom stereocenters. The van der Waals surface area contributed by atoms with Crippen LogP contribution in [0.4, 0.5) is 11.4 Å². The third-order valence-corrected chi connectivity index (χ3v) is 7.03. The first-order chi connectivity index (χ1) is 19.2. The van der Waals surface area contributed by atoms with Crippen LogP contribution in [-0.2, 0) is 4.79 Å². The van der Waals surface area contributed by atoms with E-state index in [9.17, 15) is 4.79 Å². The molecular formula is C35H28N2O2. The number of nitrogens with one attached hydrogen (secondary N) is 1. The van der Waals surface area contributed by atoms with Crippen molar-refractivity contribution in [3.05, 3.63) is 151 Å². The number of carbonyl (C=O) groups excluding carboxylic acids is 1. The van der Waals surface area contributed by atoms with Gasteiger partial charge in [0.05, 0.1) is 13.2 Å². The summed E-state index contributed by atoms with van der Waals surface area (Å²) < 4.78 is 5.35. The molecule has 5 aromatic rings. The van der Waals surface area contributed by atoms with Crippen molar-refractivity contribution in [3.8, 4) is 28.0 Å². The fourth-order valence-electron chi connectivity index (χ4n) is 4.96. The molecule has 4 nitrogen and oxygen atoms in total. The zero-order chi connectivity index (χ0) is 26.6. The molecule has 1 amide bonds. The number of benzene rings is 5. The van der Waals surface area contributed by atoms with E-state index in [4.69, 9.17) is 4.74 Å². The third-order valence-electron chi connectivity index (χ3n) is 7.03. The SMILES string of the molecule is COc1ccc([C@H]2C=C(Nc3ccc(-c4ccccc4)cc3)C(=O)N2c2ccc(-c3ccccc3)cc2)cc1. The average molecular weight is 509 g/mol. The minimum Gasteiger partial charge on any atom is -0.497 e. The maximum atomic E-state index is 13.8. The predicted molar refractivity (Wildman–Crippen MR) is 159 cm³/mol. The van der Waals surface area contributed by atoms with Crippen molar-refractivity contribution in [2.45, 2.75) is 6.04 Å². The number of hydrogen-bond acceptors (Lipinski definition) is 3. The molecule has 0 aliphatic carbocycles. The Morgan fingerprint density at radius 3 is 1.67 bits per heavy atom. The molecule has 0 saturated heterocycles. The quantitative estimate of drug-likeness (QED) is 0.241. The lowest BCUT2D eigenvalue weighted by Crippen LogP contribution is -2.30. The Morgan fingerprint density at radius 2 is 1.13 bits per heavy atom. The Morgan fingerprint density at radius 1 is 0.615 bits per heavy atom. The Kier molecular flexibility index (Phi) is 6.67. The standard InChI is InChI=1S/C35H28N2O2/c1-39-32-22-16-29(17-23-32)34-24-33(36-30-18-12-27(13-19-30)25-8-4-2-5-9-25)35(38)37(34)31-20-14-28(15-21-31)26-10-6-3-7-11-26/h2-24,34,36H,1H3/t34-/m1/s1. The highest BCUT2D eigenvalue weighted by Crippen LogP contribution is 2.37. The summed E-state index contributed by atoms with van der Waals surface area (Å²) in [6.07, 6.45) is 2.00. The van der Waals surface area contributed by atoms with Crippen molar-refractivity contribution < 1.29 is 9.53 Å². The van der Waals surface area contributed by atoms with Crippen molar-refractivity contribution in [3.63, 3.8) is 0 Å². The number of hydrogen-bond donors (Lipinski definition) is 1. The smallest absolute Gasteiger partial charge is 0.275 e. The van der Waals surface area contributed by atoms with Gasteiger partial charge in [-0.1, -0.05) is 97.1 Å². The Bertz CT molecular complexity index is 1590. The van der Waals surface area contributed by atoms with Gasteiger partial charge in [0.25, 0.3) is 5.91 Å². The largest absolute Gasteiger partial charge is 0.497 e. The van der Waals surface area contributed by atoms with Crippen LogP contribution in [0.1, 0.15) is 11.6 Å². The van der Waals surface area contributed by atoms with E-state index in [0.29, 0.717) is 5.70 Å². The van der Waals surface area contributed by atoms with Gasteiger partial charge in [0.2, 0.25) is 0 Å². The summed E-state index contributed by atoms with van der Waals surface area (Å²) in [7, 11) is 1.65. The fraction of sp³-hybridized carbons (Fsp3) is 0.0571. The zero-order valence-corrected chi connectivity index (χ0v) is 21.6. The van der Waals surface area contributed by atoms with Crippen molar-refractivity contribution in [2.24, 2.45) is 0 Å². The van der Waals surface area contributed by atoms with Gasteiger partial charge in [-0.2, -0.15) is 0 Å². The van der Waals surface area contributed by atoms with Crippen LogP contribution < -0.4 is 15.0 Å². The summed E-state index contributed by atoms with van der Waals surface area (Å²) in [6, 6.07) is 44.4. The molecule has 39 heavy (non-hydrogen) atoms. The second kappa shape index (κ2) is 10.7. The third kappa shape index (κ3) is 5.05. The molecule has 6 rings (SSSR count). The normalized spacial score (nSPS) is 14.7. The lowest BCUT2D eigenvalue weighted by molar-refractivity contribution is -0.114. The van der Waals surface area contributed by atoms with E-state index in [1.807, 2.05) is 95.9 Å². The van der Waals surface area contributed by atoms with Crippen LogP contribution in [0.25, 0.3) is 22.3 Å². The van der Waals surface area contributed by atoms with Crippen molar-refractivity contribution in [1.29, 1.82) is 0 Å². The van der Waals surface area contributed by atoms with E-state index in [0.717, 1.165) is 44.9 Å².